The Hall–Kier alpha value is -3.84. The normalized spacial score (nSPS) is 36.0. The van der Waals surface area contributed by atoms with Gasteiger partial charge in [0, 0.05) is 99.7 Å². The second kappa shape index (κ2) is 32.9. The standard InChI is InChI=1S/2C25H37NO4/c2*27-20-23-18-22(13-14-24(23)28)25(29)19-26-15-7-1-2-8-16-30-17-9-6-12-21-10-4-3-5-11-21/h2*3-5,10-11,13-14,18,25-29H,1-2,6-9,12,15-17,19-20H2/i1D2,2D2,3D,4D,5D,6D2,7D2,8D2,9D2,10D,11D,12D2,13D,14D,15D2,16D2,17D2,18D,19D2,20D2,25D,27D,29D;1D2,2D2,3D,4D,5D,6D2,7D2,8D2,9D2,10D,11D,12D2,13D,14D,15D2,16D2,17D2,18D,19D2,20D2,25D/hD2. The van der Waals surface area contributed by atoms with Crippen LogP contribution in [0.1, 0.15) is 212 Å². The zero-order valence-corrected chi connectivity index (χ0v) is 29.3. The smallest absolute Gasteiger partial charge is 0.293 e. The number of hydrogen-bond donors (Lipinski definition) is 8. The first-order valence-corrected chi connectivity index (χ1v) is 15.0. The summed E-state index contributed by atoms with van der Waals surface area (Å²) in [4.78, 5) is 0. The van der Waals surface area contributed by atoms with E-state index in [4.69, 9.17) is 96.2 Å². The van der Waals surface area contributed by atoms with Crippen LogP contribution in [0.15, 0.2) is 96.7 Å². The van der Waals surface area contributed by atoms with Crippen molar-refractivity contribution in [2.45, 2.75) is 114 Å². The molecular formula is C50H74N2O8. The highest BCUT2D eigenvalue weighted by atomic mass is 16.5. The minimum absolute atomic E-state index is 0.953. The first kappa shape index (κ1) is 10.4. The van der Waals surface area contributed by atoms with Gasteiger partial charge in [0.25, 0.3) is 1.43 Å². The summed E-state index contributed by atoms with van der Waals surface area (Å²) in [6.45, 7) is -45.6. The van der Waals surface area contributed by atoms with Crippen LogP contribution in [0.25, 0.3) is 0 Å². The molecule has 4 rings (SSSR count). The fraction of sp³-hybridized carbons (Fsp3) is 0.520. The third-order valence-corrected chi connectivity index (χ3v) is 5.11. The fourth-order valence-corrected chi connectivity index (χ4v) is 2.78. The summed E-state index contributed by atoms with van der Waals surface area (Å²) in [5, 5.41) is 42.3. The van der Waals surface area contributed by atoms with Crippen molar-refractivity contribution < 1.29 is 132 Å². The molecule has 0 aliphatic carbocycles. The predicted octanol–water partition coefficient (Wildman–Crippen LogP) is 8.21. The predicted molar refractivity (Wildman–Crippen MR) is 241 cm³/mol. The van der Waals surface area contributed by atoms with Crippen LogP contribution < -0.4 is 10.6 Å². The maximum Gasteiger partial charge on any atom is 0.293 e. The molecule has 2 atom stereocenters. The van der Waals surface area contributed by atoms with E-state index in [9.17, 15) is 15.3 Å². The van der Waals surface area contributed by atoms with Gasteiger partial charge in [-0.05, 0) is 123 Å². The van der Waals surface area contributed by atoms with E-state index < -0.39 is 314 Å². The molecule has 10 nitrogen and oxygen atoms in total. The van der Waals surface area contributed by atoms with Crippen LogP contribution in [0.2, 0.25) is 1.41 Å². The Balaban J connectivity index is 0.000000671. The van der Waals surface area contributed by atoms with Crippen LogP contribution in [-0.2, 0) is 35.3 Å². The first-order chi connectivity index (χ1) is 56.6. The molecule has 4 aromatic carbocycles. The molecule has 10 heteroatoms. The average Bonchev–Trinajstić information content (AvgIpc) is 0.778. The van der Waals surface area contributed by atoms with E-state index in [1.165, 1.54) is 0 Å². The molecule has 0 bridgehead atoms. The summed E-state index contributed by atoms with van der Waals surface area (Å²) in [6, 6.07) is -22.9. The van der Waals surface area contributed by atoms with Gasteiger partial charge in [-0.15, -0.1) is 0 Å². The zero-order valence-electron chi connectivity index (χ0n) is 99.3. The van der Waals surface area contributed by atoms with Crippen molar-refractivity contribution in [1.82, 2.24) is 10.6 Å². The number of phenols is 2. The lowest BCUT2D eigenvalue weighted by Crippen LogP contribution is -2.22. The molecule has 0 radical (unpaired) electrons. The SMILES string of the molecule is [2H]Oc1c([2H])c([2H])c(C([2H])(O[2H])C([2H])([2H])N([2H])C([2H])([2H])C([2H])([2H])C([2H])([2H])C([2H])([2H])C([2H])([2H])C([2H])([2H])OC([2H])([2H])C([2H])([2H])C([2H])([2H])C([2H])([2H])c2c([2H])c([2H])c([2H])c([2H])c2[2H])c([2H])c1C([2H])([2H])O[2H].[2H]c1c([2H])c([2H])c(C([2H])([2H])C([2H])([2H])C([2H])([2H])C([2H])([2H])OC([2H])([2H])C([2H])([2H])C([2H])([2H])C([2H])([2H])C([2H])([2H])C([2H])([2H])NC([2H])([2H])C([2H])(O)c2c([2H])c([2H])c(O)c(C([2H])([2H])O)c2[2H])c([2H])c1[2H]. The van der Waals surface area contributed by atoms with E-state index >= 15 is 0 Å². The van der Waals surface area contributed by atoms with Crippen LogP contribution in [0, 0.1) is 0 Å². The van der Waals surface area contributed by atoms with E-state index in [1.807, 2.05) is 0 Å². The van der Waals surface area contributed by atoms with Crippen LogP contribution in [0.5, 0.6) is 11.5 Å². The lowest BCUT2D eigenvalue weighted by Gasteiger charge is -2.14. The summed E-state index contributed by atoms with van der Waals surface area (Å²) >= 11 is 0. The van der Waals surface area contributed by atoms with Gasteiger partial charge in [-0.1, -0.05) is 98.0 Å². The maximum absolute atomic E-state index is 11.0. The molecule has 0 saturated heterocycles. The highest BCUT2D eigenvalue weighted by Crippen LogP contribution is 2.23. The molecule has 0 aromatic heterocycles. The summed E-state index contributed by atoms with van der Waals surface area (Å²) in [5.74, 6) is -2.98. The maximum atomic E-state index is 11.0. The molecule has 332 valence electrons. The lowest BCUT2D eigenvalue weighted by atomic mass is 10.1. The molecule has 0 amide bonds. The molecule has 0 aliphatic rings. The molecule has 0 spiro atoms. The number of rotatable bonds is 35. The number of ether oxygens (including phenoxy) is 2. The van der Waals surface area contributed by atoms with Gasteiger partial charge in [0.15, 0.2) is 0 Å². The van der Waals surface area contributed by atoms with E-state index in [0.717, 1.165) is 5.32 Å². The molecular weight excluding hydrogens is 757 g/mol. The Morgan fingerprint density at radius 3 is 1.67 bits per heavy atom. The van der Waals surface area contributed by atoms with Gasteiger partial charge in [-0.25, -0.2) is 0 Å². The summed E-state index contributed by atoms with van der Waals surface area (Å²) in [6.07, 6.45) is -75.8. The summed E-state index contributed by atoms with van der Waals surface area (Å²) in [7, 11) is 0. The van der Waals surface area contributed by atoms with Gasteiger partial charge in [-0.3, -0.25) is 0 Å². The molecule has 2 unspecified atom stereocenters. The Bertz CT molecular complexity index is 4860. The van der Waals surface area contributed by atoms with Gasteiger partial charge in [0.05, 0.1) is 66.4 Å². The Labute approximate surface area is 458 Å². The van der Waals surface area contributed by atoms with Crippen molar-refractivity contribution in [3.63, 3.8) is 0 Å². The average molecular weight is 902 g/mol. The summed E-state index contributed by atoms with van der Waals surface area (Å²) in [5.41, 5.74) is -9.95. The molecule has 60 heavy (non-hydrogen) atoms. The van der Waals surface area contributed by atoms with Crippen LogP contribution in [0.3, 0.4) is 0 Å². The number of aliphatic hydroxyl groups is 4. The minimum Gasteiger partial charge on any atom is -0.508 e. The Kier molecular flexibility index (Phi) is 5.70. The van der Waals surface area contributed by atoms with Crippen LogP contribution in [0.4, 0.5) is 0 Å². The second-order valence-electron chi connectivity index (χ2n) is 8.89. The molecule has 0 saturated carbocycles. The number of nitrogens with one attached hydrogen (secondary N) is 2. The molecule has 4 aromatic rings. The number of aromatic hydroxyl groups is 2. The number of benzene rings is 4. The van der Waals surface area contributed by atoms with Crippen molar-refractivity contribution in [2.75, 3.05) is 52.2 Å². The molecule has 8 N–H and O–H groups in total. The molecule has 0 heterocycles. The van der Waals surface area contributed by atoms with E-state index in [1.54, 1.807) is 0 Å². The first-order valence-electron chi connectivity index (χ1n) is 49.7. The Morgan fingerprint density at radius 2 is 1.12 bits per heavy atom. The van der Waals surface area contributed by atoms with Gasteiger partial charge < -0.3 is 50.7 Å². The van der Waals surface area contributed by atoms with Crippen molar-refractivity contribution in [3.8, 4) is 11.5 Å². The number of hydrogen-bond acceptors (Lipinski definition) is 10. The largest absolute Gasteiger partial charge is 0.508 e. The highest BCUT2D eigenvalue weighted by Gasteiger charge is 2.11. The second-order valence-corrected chi connectivity index (χ2v) is 8.89. The zero-order chi connectivity index (χ0) is 105. The van der Waals surface area contributed by atoms with Crippen LogP contribution >= 0.6 is 0 Å². The third kappa shape index (κ3) is 22.7. The quantitative estimate of drug-likeness (QED) is 0.0226. The lowest BCUT2D eigenvalue weighted by molar-refractivity contribution is 0.126. The van der Waals surface area contributed by atoms with E-state index in [2.05, 4.69) is 24.8 Å². The van der Waals surface area contributed by atoms with Crippen molar-refractivity contribution >= 4 is 0 Å². The Morgan fingerprint density at radius 1 is 0.600 bits per heavy atom. The van der Waals surface area contributed by atoms with Gasteiger partial charge in [-0.2, -0.15) is 0 Å². The van der Waals surface area contributed by atoms with Gasteiger partial charge in [0.1, 0.15) is 12.9 Å². The topological polar surface area (TPSA) is 164 Å². The molecule has 0 aliphatic heterocycles. The monoisotopic (exact) mass is 901 g/mol. The van der Waals surface area contributed by atoms with Crippen LogP contribution in [-0.4, -0.2) is 87.2 Å². The van der Waals surface area contributed by atoms with Crippen molar-refractivity contribution in [2.24, 2.45) is 0 Å². The minimum atomic E-state index is -5.10. The van der Waals surface area contributed by atoms with Gasteiger partial charge >= 0.3 is 0 Å². The van der Waals surface area contributed by atoms with Gasteiger partial charge in [0.2, 0.25) is 2.86 Å². The molecule has 0 fully saturated rings. The van der Waals surface area contributed by atoms with E-state index in [-0.39, 0.29) is 0 Å². The highest BCUT2D eigenvalue weighted by molar-refractivity contribution is 5.37. The fourth-order valence-electron chi connectivity index (χ4n) is 2.78. The summed E-state index contributed by atoms with van der Waals surface area (Å²) < 4.78 is 577. The van der Waals surface area contributed by atoms with E-state index in [0.29, 0.717) is 0 Å². The third-order valence-electron chi connectivity index (χ3n) is 5.11. The van der Waals surface area contributed by atoms with Crippen molar-refractivity contribution in [1.29, 1.82) is 4.29 Å². The van der Waals surface area contributed by atoms with Crippen molar-refractivity contribution in [3.05, 3.63) is 130 Å².